The molecule has 1 rings (SSSR count). The summed E-state index contributed by atoms with van der Waals surface area (Å²) in [6.07, 6.45) is 4.02. The Bertz CT molecular complexity index is 298. The molecule has 1 unspecified atom stereocenters. The first-order chi connectivity index (χ1) is 6.85. The van der Waals surface area contributed by atoms with Gasteiger partial charge in [-0.15, -0.1) is 0 Å². The predicted molar refractivity (Wildman–Crippen MR) is 60.0 cm³/mol. The van der Waals surface area contributed by atoms with Crippen LogP contribution in [0.5, 0.6) is 0 Å². The Hall–Kier alpha value is -0.130. The van der Waals surface area contributed by atoms with E-state index in [9.17, 15) is 8.42 Å². The summed E-state index contributed by atoms with van der Waals surface area (Å²) in [5.41, 5.74) is 0.227. The van der Waals surface area contributed by atoms with Gasteiger partial charge in [-0.3, -0.25) is 0 Å². The minimum Gasteiger partial charge on any atom is -0.395 e. The Morgan fingerprint density at radius 3 is 2.67 bits per heavy atom. The smallest absolute Gasteiger partial charge is 0.214 e. The molecule has 1 aliphatic rings. The Labute approximate surface area is 92.1 Å². The zero-order valence-electron chi connectivity index (χ0n) is 9.49. The highest BCUT2D eigenvalue weighted by molar-refractivity contribution is 7.89. The van der Waals surface area contributed by atoms with Crippen LogP contribution >= 0.6 is 0 Å². The second-order valence-corrected chi connectivity index (χ2v) is 6.99. The van der Waals surface area contributed by atoms with E-state index in [2.05, 4.69) is 18.6 Å². The third kappa shape index (κ3) is 4.49. The van der Waals surface area contributed by atoms with Crippen molar-refractivity contribution < 1.29 is 13.5 Å². The molecule has 1 fully saturated rings. The Morgan fingerprint density at radius 2 is 2.13 bits per heavy atom. The van der Waals surface area contributed by atoms with Crippen LogP contribution < -0.4 is 4.72 Å². The van der Waals surface area contributed by atoms with Crippen molar-refractivity contribution in [2.24, 2.45) is 5.41 Å². The maximum absolute atomic E-state index is 11.4. The summed E-state index contributed by atoms with van der Waals surface area (Å²) in [6, 6.07) is 0.0466. The van der Waals surface area contributed by atoms with Crippen molar-refractivity contribution >= 4 is 10.0 Å². The van der Waals surface area contributed by atoms with E-state index in [0.29, 0.717) is 0 Å². The molecule has 90 valence electrons. The number of nitrogens with one attached hydrogen (secondary N) is 1. The van der Waals surface area contributed by atoms with Gasteiger partial charge in [0.2, 0.25) is 10.0 Å². The normalized spacial score (nSPS) is 26.5. The summed E-state index contributed by atoms with van der Waals surface area (Å²) in [7, 11) is -3.28. The molecule has 0 amide bonds. The van der Waals surface area contributed by atoms with Crippen LogP contribution in [-0.2, 0) is 10.0 Å². The largest absolute Gasteiger partial charge is 0.395 e. The van der Waals surface area contributed by atoms with Gasteiger partial charge in [-0.1, -0.05) is 20.3 Å². The van der Waals surface area contributed by atoms with Crippen molar-refractivity contribution in [1.82, 2.24) is 4.72 Å². The van der Waals surface area contributed by atoms with Crippen LogP contribution in [0.25, 0.3) is 0 Å². The molecule has 4 nitrogen and oxygen atoms in total. The van der Waals surface area contributed by atoms with Crippen LogP contribution in [0.4, 0.5) is 0 Å². The van der Waals surface area contributed by atoms with Crippen molar-refractivity contribution in [3.8, 4) is 0 Å². The molecule has 1 atom stereocenters. The standard InChI is InChI=1S/C10H21NO3S/c1-10(2)5-3-4-9(8-10)11-15(13,14)7-6-12/h9,11-12H,3-8H2,1-2H3. The molecule has 1 saturated carbocycles. The van der Waals surface area contributed by atoms with Gasteiger partial charge in [-0.05, 0) is 24.7 Å². The fourth-order valence-corrected chi connectivity index (χ4v) is 3.30. The van der Waals surface area contributed by atoms with E-state index >= 15 is 0 Å². The quantitative estimate of drug-likeness (QED) is 0.759. The van der Waals surface area contributed by atoms with E-state index < -0.39 is 10.0 Å². The van der Waals surface area contributed by atoms with Gasteiger partial charge in [0.1, 0.15) is 0 Å². The zero-order valence-corrected chi connectivity index (χ0v) is 10.3. The lowest BCUT2D eigenvalue weighted by atomic mass is 9.75. The van der Waals surface area contributed by atoms with Crippen molar-refractivity contribution in [1.29, 1.82) is 0 Å². The molecule has 0 bridgehead atoms. The molecule has 0 aromatic heterocycles. The summed E-state index contributed by atoms with van der Waals surface area (Å²) >= 11 is 0. The molecule has 2 N–H and O–H groups in total. The lowest BCUT2D eigenvalue weighted by molar-refractivity contribution is 0.212. The van der Waals surface area contributed by atoms with Crippen LogP contribution in [0.2, 0.25) is 0 Å². The van der Waals surface area contributed by atoms with Gasteiger partial charge in [0, 0.05) is 6.04 Å². The molecular weight excluding hydrogens is 214 g/mol. The van der Waals surface area contributed by atoms with Gasteiger partial charge in [0.05, 0.1) is 12.4 Å². The van der Waals surface area contributed by atoms with Gasteiger partial charge >= 0.3 is 0 Å². The topological polar surface area (TPSA) is 66.4 Å². The first-order valence-corrected chi connectivity index (χ1v) is 7.11. The molecule has 0 heterocycles. The molecule has 0 spiro atoms. The maximum Gasteiger partial charge on any atom is 0.214 e. The fourth-order valence-electron chi connectivity index (χ4n) is 2.23. The number of hydrogen-bond donors (Lipinski definition) is 2. The van der Waals surface area contributed by atoms with Crippen LogP contribution in [0.15, 0.2) is 0 Å². The fraction of sp³-hybridized carbons (Fsp3) is 1.00. The molecule has 0 aliphatic heterocycles. The Kier molecular flexibility index (Phi) is 4.14. The SMILES string of the molecule is CC1(C)CCCC(NS(=O)(=O)CCO)C1. The lowest BCUT2D eigenvalue weighted by Crippen LogP contribution is -2.42. The number of aliphatic hydroxyl groups excluding tert-OH is 1. The molecule has 0 saturated heterocycles. The minimum atomic E-state index is -3.28. The van der Waals surface area contributed by atoms with Gasteiger partial charge in [0.15, 0.2) is 0 Å². The zero-order chi connectivity index (χ0) is 11.5. The van der Waals surface area contributed by atoms with Gasteiger partial charge in [-0.25, -0.2) is 13.1 Å². The highest BCUT2D eigenvalue weighted by atomic mass is 32.2. The highest BCUT2D eigenvalue weighted by Gasteiger charge is 2.29. The molecule has 0 radical (unpaired) electrons. The van der Waals surface area contributed by atoms with E-state index in [4.69, 9.17) is 5.11 Å². The molecule has 5 heteroatoms. The third-order valence-electron chi connectivity index (χ3n) is 2.91. The molecule has 15 heavy (non-hydrogen) atoms. The molecule has 0 aromatic carbocycles. The van der Waals surface area contributed by atoms with Crippen LogP contribution in [-0.4, -0.2) is 31.9 Å². The van der Waals surface area contributed by atoms with Crippen LogP contribution in [0.3, 0.4) is 0 Å². The monoisotopic (exact) mass is 235 g/mol. The number of sulfonamides is 1. The first-order valence-electron chi connectivity index (χ1n) is 5.45. The summed E-state index contributed by atoms with van der Waals surface area (Å²) in [5, 5.41) is 8.61. The minimum absolute atomic E-state index is 0.0466. The first kappa shape index (κ1) is 12.9. The molecular formula is C10H21NO3S. The number of hydrogen-bond acceptors (Lipinski definition) is 3. The van der Waals surface area contributed by atoms with E-state index in [1.165, 1.54) is 0 Å². The predicted octanol–water partition coefficient (Wildman–Crippen LogP) is 0.867. The van der Waals surface area contributed by atoms with Gasteiger partial charge in [-0.2, -0.15) is 0 Å². The van der Waals surface area contributed by atoms with E-state index in [-0.39, 0.29) is 23.8 Å². The van der Waals surface area contributed by atoms with Crippen molar-refractivity contribution in [3.63, 3.8) is 0 Å². The molecule has 0 aromatic rings. The summed E-state index contributed by atoms with van der Waals surface area (Å²) in [6.45, 7) is 4.02. The lowest BCUT2D eigenvalue weighted by Gasteiger charge is -2.35. The second kappa shape index (κ2) is 4.80. The van der Waals surface area contributed by atoms with E-state index in [0.717, 1.165) is 25.7 Å². The third-order valence-corrected chi connectivity index (χ3v) is 4.32. The average molecular weight is 235 g/mol. The van der Waals surface area contributed by atoms with Crippen LogP contribution in [0.1, 0.15) is 39.5 Å². The highest BCUT2D eigenvalue weighted by Crippen LogP contribution is 2.35. The van der Waals surface area contributed by atoms with Crippen molar-refractivity contribution in [2.75, 3.05) is 12.4 Å². The van der Waals surface area contributed by atoms with E-state index in [1.807, 2.05) is 0 Å². The van der Waals surface area contributed by atoms with Gasteiger partial charge in [0.25, 0.3) is 0 Å². The Balaban J connectivity index is 2.52. The van der Waals surface area contributed by atoms with Crippen molar-refractivity contribution in [3.05, 3.63) is 0 Å². The number of rotatable bonds is 4. The maximum atomic E-state index is 11.4. The average Bonchev–Trinajstić information content (AvgIpc) is 1.99. The molecule has 1 aliphatic carbocycles. The summed E-state index contributed by atoms with van der Waals surface area (Å²) in [5.74, 6) is -0.191. The summed E-state index contributed by atoms with van der Waals surface area (Å²) < 4.78 is 25.5. The second-order valence-electron chi connectivity index (χ2n) is 5.12. The Morgan fingerprint density at radius 1 is 1.47 bits per heavy atom. The van der Waals surface area contributed by atoms with Crippen LogP contribution in [0, 0.1) is 5.41 Å². The van der Waals surface area contributed by atoms with Gasteiger partial charge < -0.3 is 5.11 Å². The van der Waals surface area contributed by atoms with Crippen molar-refractivity contribution in [2.45, 2.75) is 45.6 Å². The summed E-state index contributed by atoms with van der Waals surface area (Å²) in [4.78, 5) is 0. The van der Waals surface area contributed by atoms with E-state index in [1.54, 1.807) is 0 Å². The number of aliphatic hydroxyl groups is 1.